The second-order valence-corrected chi connectivity index (χ2v) is 11.1. The normalized spacial score (nSPS) is 14.1. The van der Waals surface area contributed by atoms with Crippen LogP contribution in [0.25, 0.3) is 11.1 Å². The summed E-state index contributed by atoms with van der Waals surface area (Å²) in [5.74, 6) is -8.46. The van der Waals surface area contributed by atoms with Crippen LogP contribution in [0.3, 0.4) is 0 Å². The van der Waals surface area contributed by atoms with Gasteiger partial charge >= 0.3 is 0 Å². The summed E-state index contributed by atoms with van der Waals surface area (Å²) in [4.78, 5) is 55.7. The van der Waals surface area contributed by atoms with Crippen molar-refractivity contribution in [3.63, 3.8) is 0 Å². The van der Waals surface area contributed by atoms with Crippen LogP contribution in [0.2, 0.25) is 0 Å². The SMILES string of the molecule is CCCc1cc(O)c2c(c1)C(=O)c1c(c(O)cc(O)c1-c1c(O)cc(O)c3c1C(=O)c1cc([C@@H](O)CC)cc(O)c1C3=O)C2=O. The fourth-order valence-electron chi connectivity index (χ4n) is 6.28. The zero-order valence-corrected chi connectivity index (χ0v) is 23.9. The van der Waals surface area contributed by atoms with E-state index >= 15 is 0 Å². The van der Waals surface area contributed by atoms with E-state index in [9.17, 15) is 54.9 Å². The molecule has 0 aliphatic heterocycles. The van der Waals surface area contributed by atoms with Gasteiger partial charge in [-0.05, 0) is 48.2 Å². The van der Waals surface area contributed by atoms with Crippen molar-refractivity contribution in [2.75, 3.05) is 0 Å². The van der Waals surface area contributed by atoms with Crippen LogP contribution in [0.15, 0.2) is 36.4 Å². The van der Waals surface area contributed by atoms with Gasteiger partial charge in [-0.1, -0.05) is 20.3 Å². The molecule has 2 aliphatic carbocycles. The van der Waals surface area contributed by atoms with Crippen LogP contribution in [0, 0.1) is 0 Å². The molecule has 11 nitrogen and oxygen atoms in total. The van der Waals surface area contributed by atoms with Gasteiger partial charge in [0, 0.05) is 45.5 Å². The predicted octanol–water partition coefficient (Wildman–Crippen LogP) is 4.53. The summed E-state index contributed by atoms with van der Waals surface area (Å²) in [5.41, 5.74) is -4.56. The number of benzene rings is 4. The molecule has 4 aromatic rings. The smallest absolute Gasteiger partial charge is 0.201 e. The Morgan fingerprint density at radius 3 is 1.38 bits per heavy atom. The van der Waals surface area contributed by atoms with E-state index in [2.05, 4.69) is 0 Å². The number of hydrogen-bond donors (Lipinski definition) is 7. The number of hydrogen-bond acceptors (Lipinski definition) is 11. The molecule has 45 heavy (non-hydrogen) atoms. The second-order valence-electron chi connectivity index (χ2n) is 11.1. The van der Waals surface area contributed by atoms with E-state index in [4.69, 9.17) is 0 Å². The quantitative estimate of drug-likeness (QED) is 0.144. The number of fused-ring (bicyclic) bond motifs is 4. The molecule has 0 bridgehead atoms. The zero-order chi connectivity index (χ0) is 32.6. The molecule has 0 saturated carbocycles. The first kappa shape index (κ1) is 29.4. The van der Waals surface area contributed by atoms with Crippen LogP contribution in [0.5, 0.6) is 34.5 Å². The Hall–Kier alpha value is -5.68. The number of aromatic hydroxyl groups is 6. The monoisotopic (exact) mass is 610 g/mol. The predicted molar refractivity (Wildman–Crippen MR) is 158 cm³/mol. The third-order valence-corrected chi connectivity index (χ3v) is 8.30. The molecule has 11 heteroatoms. The summed E-state index contributed by atoms with van der Waals surface area (Å²) < 4.78 is 0. The maximum Gasteiger partial charge on any atom is 0.201 e. The van der Waals surface area contributed by atoms with E-state index < -0.39 is 103 Å². The van der Waals surface area contributed by atoms with Crippen LogP contribution < -0.4 is 0 Å². The average Bonchev–Trinajstić information content (AvgIpc) is 2.97. The van der Waals surface area contributed by atoms with Gasteiger partial charge in [0.25, 0.3) is 0 Å². The molecule has 228 valence electrons. The van der Waals surface area contributed by atoms with Gasteiger partial charge in [0.05, 0.1) is 28.4 Å². The van der Waals surface area contributed by atoms with Crippen LogP contribution >= 0.6 is 0 Å². The van der Waals surface area contributed by atoms with Crippen molar-refractivity contribution >= 4 is 23.1 Å². The summed E-state index contributed by atoms with van der Waals surface area (Å²) in [6, 6.07) is 6.46. The fraction of sp³-hybridized carbons (Fsp3) is 0.176. The summed E-state index contributed by atoms with van der Waals surface area (Å²) in [6.45, 7) is 3.52. The maximum atomic E-state index is 14.1. The standard InChI is InChI=1S/C34H26O11/c1-3-5-12-6-14-23(17(36)7-12)33(44)27-21(40)10-19(38)25(29(27)31(14)42)26-20(39)11-22(41)28-30(26)32(43)15-8-13(16(35)4-2)9-18(37)24(15)34(28)45/h6-11,16,35-41H,3-5H2,1-2H3/t16-/m0/s1. The maximum absolute atomic E-state index is 14.1. The van der Waals surface area contributed by atoms with Gasteiger partial charge in [-0.25, -0.2) is 0 Å². The molecule has 0 amide bonds. The average molecular weight is 611 g/mol. The lowest BCUT2D eigenvalue weighted by molar-refractivity contribution is 0.0972. The molecule has 0 aromatic heterocycles. The highest BCUT2D eigenvalue weighted by molar-refractivity contribution is 6.35. The largest absolute Gasteiger partial charge is 0.507 e. The minimum absolute atomic E-state index is 0.106. The van der Waals surface area contributed by atoms with Gasteiger partial charge in [-0.2, -0.15) is 0 Å². The molecule has 0 fully saturated rings. The molecule has 1 atom stereocenters. The van der Waals surface area contributed by atoms with E-state index in [0.29, 0.717) is 24.5 Å². The third-order valence-electron chi connectivity index (χ3n) is 8.30. The van der Waals surface area contributed by atoms with Gasteiger partial charge in [-0.15, -0.1) is 0 Å². The zero-order valence-electron chi connectivity index (χ0n) is 23.9. The first-order valence-corrected chi connectivity index (χ1v) is 14.1. The van der Waals surface area contributed by atoms with Gasteiger partial charge in [-0.3, -0.25) is 19.2 Å². The number of phenols is 6. The minimum atomic E-state index is -1.12. The lowest BCUT2D eigenvalue weighted by atomic mass is 9.74. The van der Waals surface area contributed by atoms with Gasteiger partial charge in [0.1, 0.15) is 34.5 Å². The molecule has 0 saturated heterocycles. The lowest BCUT2D eigenvalue weighted by Crippen LogP contribution is -2.25. The van der Waals surface area contributed by atoms with Crippen molar-refractivity contribution in [3.05, 3.63) is 92.0 Å². The van der Waals surface area contributed by atoms with Crippen molar-refractivity contribution in [2.45, 2.75) is 39.2 Å². The van der Waals surface area contributed by atoms with Crippen LogP contribution in [0.4, 0.5) is 0 Å². The van der Waals surface area contributed by atoms with E-state index in [0.717, 1.165) is 12.1 Å². The molecule has 6 rings (SSSR count). The molecule has 0 unspecified atom stereocenters. The summed E-state index contributed by atoms with van der Waals surface area (Å²) in [5, 5.41) is 75.7. The van der Waals surface area contributed by atoms with E-state index in [1.54, 1.807) is 6.92 Å². The molecular weight excluding hydrogens is 584 g/mol. The Balaban J connectivity index is 1.69. The summed E-state index contributed by atoms with van der Waals surface area (Å²) in [7, 11) is 0. The van der Waals surface area contributed by atoms with Crippen LogP contribution in [-0.2, 0) is 6.42 Å². The summed E-state index contributed by atoms with van der Waals surface area (Å²) >= 11 is 0. The van der Waals surface area contributed by atoms with Gasteiger partial charge in [0.2, 0.25) is 11.6 Å². The van der Waals surface area contributed by atoms with Crippen molar-refractivity contribution in [1.29, 1.82) is 0 Å². The number of aliphatic hydroxyl groups excluding tert-OH is 1. The van der Waals surface area contributed by atoms with Crippen LogP contribution in [0.1, 0.15) is 108 Å². The Morgan fingerprint density at radius 1 is 0.489 bits per heavy atom. The molecule has 0 radical (unpaired) electrons. The number of ketones is 4. The number of aliphatic hydroxyl groups is 1. The summed E-state index contributed by atoms with van der Waals surface area (Å²) in [6.07, 6.45) is 0.164. The second kappa shape index (κ2) is 10.2. The highest BCUT2D eigenvalue weighted by Crippen LogP contribution is 2.52. The van der Waals surface area contributed by atoms with Crippen molar-refractivity contribution < 1.29 is 54.9 Å². The Bertz CT molecular complexity index is 2050. The van der Waals surface area contributed by atoms with Gasteiger partial charge in [0.15, 0.2) is 11.6 Å². The van der Waals surface area contributed by atoms with E-state index in [1.807, 2.05) is 6.92 Å². The third kappa shape index (κ3) is 4.08. The van der Waals surface area contributed by atoms with Crippen molar-refractivity contribution in [1.82, 2.24) is 0 Å². The first-order chi connectivity index (χ1) is 21.3. The molecule has 4 aromatic carbocycles. The van der Waals surface area contributed by atoms with E-state index in [-0.39, 0.29) is 28.7 Å². The van der Waals surface area contributed by atoms with E-state index in [1.165, 1.54) is 18.2 Å². The molecular formula is C34H26O11. The number of rotatable bonds is 5. The highest BCUT2D eigenvalue weighted by Gasteiger charge is 2.43. The molecule has 7 N–H and O–H groups in total. The number of carbonyl (C=O) groups excluding carboxylic acids is 4. The lowest BCUT2D eigenvalue weighted by Gasteiger charge is -2.27. The Morgan fingerprint density at radius 2 is 0.911 bits per heavy atom. The number of carbonyl (C=O) groups is 4. The molecule has 0 heterocycles. The first-order valence-electron chi connectivity index (χ1n) is 14.1. The molecule has 0 spiro atoms. The Labute approximate surface area is 254 Å². The fourth-order valence-corrected chi connectivity index (χ4v) is 6.28. The minimum Gasteiger partial charge on any atom is -0.507 e. The number of phenolic OH excluding ortho intramolecular Hbond substituents is 6. The number of aryl methyl sites for hydroxylation is 1. The Kier molecular flexibility index (Phi) is 6.67. The molecule has 2 aliphatic rings. The van der Waals surface area contributed by atoms with Crippen molar-refractivity contribution in [3.8, 4) is 45.6 Å². The van der Waals surface area contributed by atoms with Crippen molar-refractivity contribution in [2.24, 2.45) is 0 Å². The van der Waals surface area contributed by atoms with Gasteiger partial charge < -0.3 is 35.7 Å². The topological polar surface area (TPSA) is 210 Å². The highest BCUT2D eigenvalue weighted by atomic mass is 16.3. The van der Waals surface area contributed by atoms with Crippen LogP contribution in [-0.4, -0.2) is 58.9 Å².